The van der Waals surface area contributed by atoms with Crippen LogP contribution in [0.2, 0.25) is 0 Å². The fourth-order valence-electron chi connectivity index (χ4n) is 4.79. The van der Waals surface area contributed by atoms with E-state index in [1.54, 1.807) is 11.3 Å². The molecular formula is C23H24N4O4S. The fourth-order valence-corrected chi connectivity index (χ4v) is 5.59. The second-order valence-corrected chi connectivity index (χ2v) is 9.28. The highest BCUT2D eigenvalue weighted by atomic mass is 32.1. The maximum absolute atomic E-state index is 13.0. The van der Waals surface area contributed by atoms with Gasteiger partial charge in [0, 0.05) is 24.6 Å². The van der Waals surface area contributed by atoms with E-state index in [0.29, 0.717) is 42.9 Å². The first kappa shape index (κ1) is 20.7. The van der Waals surface area contributed by atoms with Crippen molar-refractivity contribution in [1.29, 1.82) is 0 Å². The first-order chi connectivity index (χ1) is 15.5. The van der Waals surface area contributed by atoms with Gasteiger partial charge in [-0.15, -0.1) is 11.3 Å². The molecule has 9 heteroatoms. The summed E-state index contributed by atoms with van der Waals surface area (Å²) in [4.78, 5) is 35.7. The van der Waals surface area contributed by atoms with E-state index in [-0.39, 0.29) is 17.9 Å². The smallest absolute Gasteiger partial charge is 0.404 e. The minimum Gasteiger partial charge on any atom is -0.472 e. The summed E-state index contributed by atoms with van der Waals surface area (Å²) in [5, 5.41) is 2.88. The number of nitrogens with zero attached hydrogens (tertiary/aromatic N) is 3. The van der Waals surface area contributed by atoms with Crippen LogP contribution in [0.15, 0.2) is 35.7 Å². The van der Waals surface area contributed by atoms with Crippen molar-refractivity contribution in [2.75, 3.05) is 13.1 Å². The number of benzene rings is 1. The van der Waals surface area contributed by atoms with E-state index < -0.39 is 6.09 Å². The van der Waals surface area contributed by atoms with Crippen LogP contribution in [0.3, 0.4) is 0 Å². The van der Waals surface area contributed by atoms with Crippen molar-refractivity contribution < 1.29 is 19.1 Å². The van der Waals surface area contributed by atoms with Gasteiger partial charge in [-0.1, -0.05) is 12.1 Å². The first-order valence-corrected chi connectivity index (χ1v) is 11.5. The Morgan fingerprint density at radius 1 is 1.16 bits per heavy atom. The molecule has 3 heterocycles. The molecule has 2 aliphatic rings. The molecule has 5 rings (SSSR count). The summed E-state index contributed by atoms with van der Waals surface area (Å²) in [5.74, 6) is 1.78. The highest BCUT2D eigenvalue weighted by Gasteiger charge is 2.45. The minimum atomic E-state index is -0.741. The number of amides is 2. The van der Waals surface area contributed by atoms with E-state index in [2.05, 4.69) is 9.97 Å². The van der Waals surface area contributed by atoms with Gasteiger partial charge >= 0.3 is 6.09 Å². The summed E-state index contributed by atoms with van der Waals surface area (Å²) in [6, 6.07) is 9.43. The van der Waals surface area contributed by atoms with Gasteiger partial charge in [0.2, 0.25) is 5.88 Å². The van der Waals surface area contributed by atoms with Gasteiger partial charge < -0.3 is 20.1 Å². The Labute approximate surface area is 189 Å². The summed E-state index contributed by atoms with van der Waals surface area (Å²) in [7, 11) is 0. The van der Waals surface area contributed by atoms with E-state index in [1.165, 1.54) is 0 Å². The van der Waals surface area contributed by atoms with Crippen molar-refractivity contribution in [2.45, 2.75) is 32.5 Å². The molecule has 1 aromatic carbocycles. The van der Waals surface area contributed by atoms with Crippen molar-refractivity contribution in [3.05, 3.63) is 52.7 Å². The monoisotopic (exact) mass is 452 g/mol. The van der Waals surface area contributed by atoms with Crippen molar-refractivity contribution in [3.8, 4) is 5.88 Å². The topological polar surface area (TPSA) is 108 Å². The number of fused-ring (bicyclic) bond motifs is 2. The zero-order valence-electron chi connectivity index (χ0n) is 17.7. The van der Waals surface area contributed by atoms with Gasteiger partial charge in [0.25, 0.3) is 5.91 Å². The Bertz CT molecular complexity index is 1160. The SMILES string of the molecule is Cc1nc(OCc2ccc(C(=O)N3CC4CCC(OC(N)=O)C4C3)cc2)c2ccsc2n1. The Balaban J connectivity index is 1.22. The molecule has 1 aliphatic heterocycles. The maximum Gasteiger partial charge on any atom is 0.404 e. The molecule has 3 atom stereocenters. The molecule has 0 bridgehead atoms. The van der Waals surface area contributed by atoms with E-state index in [0.717, 1.165) is 28.6 Å². The zero-order chi connectivity index (χ0) is 22.2. The van der Waals surface area contributed by atoms with Crippen LogP contribution < -0.4 is 10.5 Å². The zero-order valence-corrected chi connectivity index (χ0v) is 18.5. The third-order valence-electron chi connectivity index (χ3n) is 6.32. The Morgan fingerprint density at radius 3 is 2.75 bits per heavy atom. The Hall–Kier alpha value is -3.20. The summed E-state index contributed by atoms with van der Waals surface area (Å²) in [5.41, 5.74) is 6.78. The van der Waals surface area contributed by atoms with Gasteiger partial charge in [0.15, 0.2) is 0 Å². The molecule has 1 aliphatic carbocycles. The molecule has 3 unspecified atom stereocenters. The largest absolute Gasteiger partial charge is 0.472 e. The molecule has 166 valence electrons. The van der Waals surface area contributed by atoms with Crippen LogP contribution in [0, 0.1) is 18.8 Å². The van der Waals surface area contributed by atoms with Crippen LogP contribution in [0.4, 0.5) is 4.79 Å². The highest BCUT2D eigenvalue weighted by molar-refractivity contribution is 7.16. The van der Waals surface area contributed by atoms with Crippen molar-refractivity contribution in [3.63, 3.8) is 0 Å². The predicted molar refractivity (Wildman–Crippen MR) is 119 cm³/mol. The lowest BCUT2D eigenvalue weighted by Crippen LogP contribution is -2.33. The number of primary amides is 1. The van der Waals surface area contributed by atoms with Crippen molar-refractivity contribution in [2.24, 2.45) is 17.6 Å². The third kappa shape index (κ3) is 4.00. The molecule has 2 aromatic heterocycles. The summed E-state index contributed by atoms with van der Waals surface area (Å²) < 4.78 is 11.2. The quantitative estimate of drug-likeness (QED) is 0.635. The molecule has 1 saturated carbocycles. The van der Waals surface area contributed by atoms with Crippen LogP contribution in [0.1, 0.15) is 34.6 Å². The normalized spacial score (nSPS) is 22.2. The molecule has 0 spiro atoms. The van der Waals surface area contributed by atoms with Crippen LogP contribution in [0.25, 0.3) is 10.2 Å². The van der Waals surface area contributed by atoms with Crippen LogP contribution >= 0.6 is 11.3 Å². The number of hydrogen-bond acceptors (Lipinski definition) is 7. The summed E-state index contributed by atoms with van der Waals surface area (Å²) >= 11 is 1.56. The number of ether oxygens (including phenoxy) is 2. The van der Waals surface area contributed by atoms with Crippen LogP contribution in [-0.2, 0) is 11.3 Å². The van der Waals surface area contributed by atoms with Gasteiger partial charge in [0.1, 0.15) is 23.4 Å². The molecular weight excluding hydrogens is 428 g/mol. The van der Waals surface area contributed by atoms with Crippen LogP contribution in [0.5, 0.6) is 5.88 Å². The number of nitrogens with two attached hydrogens (primary N) is 1. The van der Waals surface area contributed by atoms with Crippen LogP contribution in [-0.4, -0.2) is 46.1 Å². The maximum atomic E-state index is 13.0. The number of likely N-dealkylation sites (tertiary alicyclic amines) is 1. The highest BCUT2D eigenvalue weighted by Crippen LogP contribution is 2.40. The lowest BCUT2D eigenvalue weighted by molar-refractivity contribution is 0.0695. The molecule has 2 fully saturated rings. The van der Waals surface area contributed by atoms with Gasteiger partial charge in [-0.25, -0.2) is 9.78 Å². The van der Waals surface area contributed by atoms with Crippen molar-refractivity contribution >= 4 is 33.6 Å². The van der Waals surface area contributed by atoms with Crippen molar-refractivity contribution in [1.82, 2.24) is 14.9 Å². The Kier molecular flexibility index (Phi) is 5.42. The van der Waals surface area contributed by atoms with Gasteiger partial charge in [-0.3, -0.25) is 4.79 Å². The standard InChI is InChI=1S/C23H24N4O4S/c1-13-25-20(17-8-9-32-21(17)26-13)30-12-14-2-4-15(5-3-14)22(28)27-10-16-6-7-19(18(16)11-27)31-23(24)29/h2-5,8-9,16,18-19H,6-7,10-12H2,1H3,(H2,24,29). The number of thiophene rings is 1. The average molecular weight is 453 g/mol. The lowest BCUT2D eigenvalue weighted by Gasteiger charge is -2.20. The number of hydrogen-bond donors (Lipinski definition) is 1. The number of carbonyl (C=O) groups is 2. The van der Waals surface area contributed by atoms with Gasteiger partial charge in [0.05, 0.1) is 5.39 Å². The molecule has 1 saturated heterocycles. The second-order valence-electron chi connectivity index (χ2n) is 8.39. The van der Waals surface area contributed by atoms with Gasteiger partial charge in [-0.2, -0.15) is 4.98 Å². The Morgan fingerprint density at radius 2 is 1.97 bits per heavy atom. The number of aryl methyl sites for hydroxylation is 1. The predicted octanol–water partition coefficient (Wildman–Crippen LogP) is 3.52. The minimum absolute atomic E-state index is 0.00361. The summed E-state index contributed by atoms with van der Waals surface area (Å²) in [6.07, 6.45) is 0.839. The van der Waals surface area contributed by atoms with Gasteiger partial charge in [-0.05, 0) is 54.8 Å². The van der Waals surface area contributed by atoms with E-state index in [9.17, 15) is 9.59 Å². The number of rotatable bonds is 5. The molecule has 0 radical (unpaired) electrons. The number of carbonyl (C=O) groups excluding carboxylic acids is 2. The molecule has 3 aromatic rings. The average Bonchev–Trinajstić information content (AvgIpc) is 3.48. The molecule has 2 amide bonds. The summed E-state index contributed by atoms with van der Waals surface area (Å²) in [6.45, 7) is 3.49. The molecule has 2 N–H and O–H groups in total. The van der Waals surface area contributed by atoms with E-state index in [4.69, 9.17) is 15.2 Å². The molecule has 8 nitrogen and oxygen atoms in total. The second kappa shape index (κ2) is 8.38. The third-order valence-corrected chi connectivity index (χ3v) is 7.13. The lowest BCUT2D eigenvalue weighted by atomic mass is 9.99. The fraction of sp³-hybridized carbons (Fsp3) is 0.391. The number of aromatic nitrogens is 2. The first-order valence-electron chi connectivity index (χ1n) is 10.7. The van der Waals surface area contributed by atoms with E-state index in [1.807, 2.05) is 47.5 Å². The molecule has 32 heavy (non-hydrogen) atoms. The van der Waals surface area contributed by atoms with E-state index >= 15 is 0 Å².